The highest BCUT2D eigenvalue weighted by molar-refractivity contribution is 6.03. The Morgan fingerprint density at radius 1 is 1.26 bits per heavy atom. The van der Waals surface area contributed by atoms with Crippen molar-refractivity contribution in [3.8, 4) is 0 Å². The summed E-state index contributed by atoms with van der Waals surface area (Å²) in [4.78, 5) is 16.8. The van der Waals surface area contributed by atoms with E-state index in [1.807, 2.05) is 13.8 Å². The molecule has 0 radical (unpaired) electrons. The van der Waals surface area contributed by atoms with Crippen LogP contribution >= 0.6 is 0 Å². The Hall–Kier alpha value is -2.76. The normalized spacial score (nSPS) is 11.2. The third kappa shape index (κ3) is 2.92. The first-order chi connectivity index (χ1) is 11.0. The van der Waals surface area contributed by atoms with E-state index in [-0.39, 0.29) is 17.6 Å². The maximum Gasteiger partial charge on any atom is 0.274 e. The average Bonchev–Trinajstić information content (AvgIpc) is 2.97. The van der Waals surface area contributed by atoms with Gasteiger partial charge in [-0.1, -0.05) is 13.8 Å². The highest BCUT2D eigenvalue weighted by Gasteiger charge is 2.15. The molecule has 0 aliphatic carbocycles. The van der Waals surface area contributed by atoms with E-state index in [9.17, 15) is 9.18 Å². The first-order valence-corrected chi connectivity index (χ1v) is 7.38. The van der Waals surface area contributed by atoms with Crippen LogP contribution in [0.1, 0.15) is 41.5 Å². The number of benzene rings is 1. The largest absolute Gasteiger partial charge is 0.320 e. The van der Waals surface area contributed by atoms with Gasteiger partial charge in [0.25, 0.3) is 5.91 Å². The fourth-order valence-electron chi connectivity index (χ4n) is 2.42. The molecule has 0 atom stereocenters. The molecule has 2 heterocycles. The lowest BCUT2D eigenvalue weighted by molar-refractivity contribution is 0.102. The Labute approximate surface area is 133 Å². The summed E-state index contributed by atoms with van der Waals surface area (Å²) in [6, 6.07) is 7.73. The molecule has 1 N–H and O–H groups in total. The molecule has 6 heteroatoms. The summed E-state index contributed by atoms with van der Waals surface area (Å²) < 4.78 is 14.9. The van der Waals surface area contributed by atoms with Gasteiger partial charge in [0, 0.05) is 17.4 Å². The highest BCUT2D eigenvalue weighted by Crippen LogP contribution is 2.19. The third-order valence-electron chi connectivity index (χ3n) is 3.65. The van der Waals surface area contributed by atoms with Crippen LogP contribution in [0.15, 0.2) is 36.5 Å². The van der Waals surface area contributed by atoms with Gasteiger partial charge in [0.1, 0.15) is 11.5 Å². The molecule has 0 saturated heterocycles. The predicted octanol–water partition coefficient (Wildman–Crippen LogP) is 3.55. The molecule has 3 rings (SSSR count). The number of aryl methyl sites for hydroxylation is 1. The predicted molar refractivity (Wildman–Crippen MR) is 86.2 cm³/mol. The topological polar surface area (TPSA) is 59.3 Å². The molecule has 1 amide bonds. The van der Waals surface area contributed by atoms with Crippen molar-refractivity contribution < 1.29 is 9.18 Å². The zero-order valence-corrected chi connectivity index (χ0v) is 13.2. The van der Waals surface area contributed by atoms with Gasteiger partial charge in [-0.3, -0.25) is 4.79 Å². The summed E-state index contributed by atoms with van der Waals surface area (Å²) in [5.74, 6) is -0.466. The summed E-state index contributed by atoms with van der Waals surface area (Å²) in [6.07, 6.45) is 1.65. The Morgan fingerprint density at radius 2 is 2.04 bits per heavy atom. The number of hydrogen-bond acceptors (Lipinski definition) is 3. The van der Waals surface area contributed by atoms with Crippen molar-refractivity contribution in [2.24, 2.45) is 0 Å². The van der Waals surface area contributed by atoms with Crippen LogP contribution in [0.3, 0.4) is 0 Å². The monoisotopic (exact) mass is 312 g/mol. The van der Waals surface area contributed by atoms with Gasteiger partial charge in [0.2, 0.25) is 0 Å². The number of carbonyl (C=O) groups excluding carboxylic acids is 1. The molecule has 0 unspecified atom stereocenters. The van der Waals surface area contributed by atoms with Crippen LogP contribution in [0.2, 0.25) is 0 Å². The first kappa shape index (κ1) is 15.1. The first-order valence-electron chi connectivity index (χ1n) is 7.38. The zero-order chi connectivity index (χ0) is 16.6. The number of aromatic nitrogens is 3. The minimum atomic E-state index is -0.332. The maximum atomic E-state index is 13.2. The van der Waals surface area contributed by atoms with E-state index >= 15 is 0 Å². The maximum absolute atomic E-state index is 13.2. The summed E-state index contributed by atoms with van der Waals surface area (Å²) in [5.41, 5.74) is 3.06. The van der Waals surface area contributed by atoms with Gasteiger partial charge in [-0.2, -0.15) is 5.10 Å². The third-order valence-corrected chi connectivity index (χ3v) is 3.65. The molecular formula is C17H17FN4O. The van der Waals surface area contributed by atoms with Crippen molar-refractivity contribution in [1.82, 2.24) is 14.6 Å². The second kappa shape index (κ2) is 5.79. The van der Waals surface area contributed by atoms with Crippen LogP contribution in [-0.2, 0) is 0 Å². The van der Waals surface area contributed by atoms with Gasteiger partial charge < -0.3 is 5.32 Å². The SMILES string of the molecule is Cc1cc(F)ccc1NC(=O)c1cc(C(C)C)n2nccc2n1. The molecule has 118 valence electrons. The molecule has 0 aliphatic heterocycles. The summed E-state index contributed by atoms with van der Waals surface area (Å²) in [7, 11) is 0. The van der Waals surface area contributed by atoms with Crippen molar-refractivity contribution in [3.63, 3.8) is 0 Å². The average molecular weight is 312 g/mol. The quantitative estimate of drug-likeness (QED) is 0.804. The molecule has 0 spiro atoms. The Balaban J connectivity index is 1.97. The molecule has 0 aliphatic rings. The van der Waals surface area contributed by atoms with E-state index < -0.39 is 0 Å². The van der Waals surface area contributed by atoms with Crippen molar-refractivity contribution in [3.05, 3.63) is 59.3 Å². The summed E-state index contributed by atoms with van der Waals surface area (Å²) in [5, 5.41) is 7.01. The van der Waals surface area contributed by atoms with Crippen LogP contribution in [0.25, 0.3) is 5.65 Å². The molecule has 0 saturated carbocycles. The molecule has 23 heavy (non-hydrogen) atoms. The molecule has 3 aromatic rings. The number of fused-ring (bicyclic) bond motifs is 1. The van der Waals surface area contributed by atoms with Gasteiger partial charge in [-0.25, -0.2) is 13.9 Å². The van der Waals surface area contributed by atoms with E-state index in [2.05, 4.69) is 15.4 Å². The van der Waals surface area contributed by atoms with Crippen molar-refractivity contribution in [2.75, 3.05) is 5.32 Å². The number of hydrogen-bond donors (Lipinski definition) is 1. The smallest absolute Gasteiger partial charge is 0.274 e. The van der Waals surface area contributed by atoms with E-state index in [1.54, 1.807) is 35.8 Å². The second-order valence-corrected chi connectivity index (χ2v) is 5.74. The van der Waals surface area contributed by atoms with Crippen molar-refractivity contribution >= 4 is 17.2 Å². The van der Waals surface area contributed by atoms with E-state index in [1.165, 1.54) is 12.1 Å². The Morgan fingerprint density at radius 3 is 2.74 bits per heavy atom. The van der Waals surface area contributed by atoms with Crippen LogP contribution in [0.4, 0.5) is 10.1 Å². The van der Waals surface area contributed by atoms with Crippen molar-refractivity contribution in [2.45, 2.75) is 26.7 Å². The van der Waals surface area contributed by atoms with Crippen LogP contribution in [0.5, 0.6) is 0 Å². The van der Waals surface area contributed by atoms with Gasteiger partial charge in [0.05, 0.1) is 6.20 Å². The molecule has 0 fully saturated rings. The highest BCUT2D eigenvalue weighted by atomic mass is 19.1. The Bertz CT molecular complexity index is 885. The summed E-state index contributed by atoms with van der Waals surface area (Å²) in [6.45, 7) is 5.80. The summed E-state index contributed by atoms with van der Waals surface area (Å²) >= 11 is 0. The van der Waals surface area contributed by atoms with E-state index in [4.69, 9.17) is 0 Å². The molecule has 2 aromatic heterocycles. The Kier molecular flexibility index (Phi) is 3.82. The number of carbonyl (C=O) groups is 1. The zero-order valence-electron chi connectivity index (χ0n) is 13.2. The second-order valence-electron chi connectivity index (χ2n) is 5.74. The van der Waals surface area contributed by atoms with Crippen LogP contribution in [0, 0.1) is 12.7 Å². The van der Waals surface area contributed by atoms with E-state index in [0.29, 0.717) is 22.6 Å². The van der Waals surface area contributed by atoms with Crippen LogP contribution in [-0.4, -0.2) is 20.5 Å². The number of rotatable bonds is 3. The number of nitrogens with one attached hydrogen (secondary N) is 1. The minimum absolute atomic E-state index is 0.194. The minimum Gasteiger partial charge on any atom is -0.320 e. The molecule has 1 aromatic carbocycles. The fourth-order valence-corrected chi connectivity index (χ4v) is 2.42. The van der Waals surface area contributed by atoms with E-state index in [0.717, 1.165) is 5.69 Å². The molecule has 0 bridgehead atoms. The van der Waals surface area contributed by atoms with Gasteiger partial charge in [0.15, 0.2) is 5.65 Å². The number of amides is 1. The fraction of sp³-hybridized carbons (Fsp3) is 0.235. The lowest BCUT2D eigenvalue weighted by Gasteiger charge is -2.12. The van der Waals surface area contributed by atoms with Gasteiger partial charge in [-0.05, 0) is 42.7 Å². The van der Waals surface area contributed by atoms with Gasteiger partial charge >= 0.3 is 0 Å². The van der Waals surface area contributed by atoms with Crippen LogP contribution < -0.4 is 5.32 Å². The standard InChI is InChI=1S/C17H17FN4O/c1-10(2)15-9-14(20-16-6-7-19-22(15)16)17(23)21-13-5-4-12(18)8-11(13)3/h4-10H,1-3H3,(H,21,23). The number of halogens is 1. The number of anilines is 1. The lowest BCUT2D eigenvalue weighted by atomic mass is 10.1. The lowest BCUT2D eigenvalue weighted by Crippen LogP contribution is -2.17. The van der Waals surface area contributed by atoms with Crippen molar-refractivity contribution in [1.29, 1.82) is 0 Å². The molecule has 5 nitrogen and oxygen atoms in total. The van der Waals surface area contributed by atoms with Gasteiger partial charge in [-0.15, -0.1) is 0 Å². The molecular weight excluding hydrogens is 295 g/mol. The number of nitrogens with zero attached hydrogens (tertiary/aromatic N) is 3.